The van der Waals surface area contributed by atoms with Crippen molar-refractivity contribution >= 4 is 28.5 Å². The molecule has 8 nitrogen and oxygen atoms in total. The second kappa shape index (κ2) is 7.83. The molecule has 0 radical (unpaired) electrons. The van der Waals surface area contributed by atoms with Crippen LogP contribution < -0.4 is 10.2 Å². The second-order valence-corrected chi connectivity index (χ2v) is 8.89. The van der Waals surface area contributed by atoms with E-state index in [9.17, 15) is 14.7 Å². The molecule has 1 atom stereocenters. The van der Waals surface area contributed by atoms with Gasteiger partial charge in [-0.05, 0) is 46.1 Å². The van der Waals surface area contributed by atoms with E-state index in [1.807, 2.05) is 12.1 Å². The Bertz CT molecular complexity index is 963. The van der Waals surface area contributed by atoms with E-state index in [2.05, 4.69) is 27.1 Å². The molecule has 2 aromatic heterocycles. The molecule has 1 unspecified atom stereocenters. The first-order valence-corrected chi connectivity index (χ1v) is 10.6. The first kappa shape index (κ1) is 20.5. The number of pyridine rings is 2. The van der Waals surface area contributed by atoms with Crippen LogP contribution in [-0.4, -0.2) is 69.1 Å². The maximum Gasteiger partial charge on any atom is 0.253 e. The molecule has 0 spiro atoms. The standard InChI is InChI=1S/C22H29N5O3/c1-14-4-9-27(14)19-11-18-15(12-24-19)10-16(13-23-18)20(28)25-17-5-7-26(8-6-17)21(29)22(2,3)30/h10-14,17,30H,4-9H2,1-3H3,(H,25,28). The van der Waals surface area contributed by atoms with E-state index in [-0.39, 0.29) is 17.9 Å². The second-order valence-electron chi connectivity index (χ2n) is 8.89. The fraction of sp³-hybridized carbons (Fsp3) is 0.545. The van der Waals surface area contributed by atoms with Crippen molar-refractivity contribution in [3.05, 3.63) is 30.1 Å². The molecule has 160 valence electrons. The monoisotopic (exact) mass is 411 g/mol. The average molecular weight is 412 g/mol. The number of carbonyl (C=O) groups excluding carboxylic acids is 2. The molecule has 2 aliphatic heterocycles. The first-order valence-electron chi connectivity index (χ1n) is 10.6. The van der Waals surface area contributed by atoms with Crippen LogP contribution in [0.4, 0.5) is 5.82 Å². The lowest BCUT2D eigenvalue weighted by atomic mass is 10.0. The molecule has 2 saturated heterocycles. The Hall–Kier alpha value is -2.74. The minimum absolute atomic E-state index is 0.00698. The highest BCUT2D eigenvalue weighted by Crippen LogP contribution is 2.26. The van der Waals surface area contributed by atoms with Gasteiger partial charge in [-0.2, -0.15) is 0 Å². The van der Waals surface area contributed by atoms with Crippen molar-refractivity contribution in [3.63, 3.8) is 0 Å². The Balaban J connectivity index is 1.38. The zero-order chi connectivity index (χ0) is 21.5. The smallest absolute Gasteiger partial charge is 0.253 e. The zero-order valence-electron chi connectivity index (χ0n) is 17.8. The van der Waals surface area contributed by atoms with Gasteiger partial charge in [-0.25, -0.2) is 4.98 Å². The number of rotatable bonds is 4. The van der Waals surface area contributed by atoms with Crippen LogP contribution in [0.15, 0.2) is 24.5 Å². The summed E-state index contributed by atoms with van der Waals surface area (Å²) in [6, 6.07) is 4.29. The van der Waals surface area contributed by atoms with Gasteiger partial charge in [0.15, 0.2) is 0 Å². The molecule has 0 saturated carbocycles. The predicted octanol–water partition coefficient (Wildman–Crippen LogP) is 1.72. The SMILES string of the molecule is CC1CCN1c1cc2ncc(C(=O)NC3CCN(C(=O)C(C)(C)O)CC3)cc2cn1. The van der Waals surface area contributed by atoms with Crippen molar-refractivity contribution in [3.8, 4) is 0 Å². The number of aliphatic hydroxyl groups is 1. The molecule has 2 amide bonds. The van der Waals surface area contributed by atoms with Crippen LogP contribution >= 0.6 is 0 Å². The number of fused-ring (bicyclic) bond motifs is 1. The maximum atomic E-state index is 12.7. The third-order valence-electron chi connectivity index (χ3n) is 6.07. The topological polar surface area (TPSA) is 98.7 Å². The van der Waals surface area contributed by atoms with Crippen LogP contribution in [0, 0.1) is 0 Å². The van der Waals surface area contributed by atoms with Crippen molar-refractivity contribution in [1.29, 1.82) is 0 Å². The Morgan fingerprint density at radius 3 is 2.43 bits per heavy atom. The van der Waals surface area contributed by atoms with Crippen molar-refractivity contribution < 1.29 is 14.7 Å². The molecule has 0 aromatic carbocycles. The van der Waals surface area contributed by atoms with Gasteiger partial charge in [0.2, 0.25) is 0 Å². The van der Waals surface area contributed by atoms with E-state index in [1.54, 1.807) is 17.3 Å². The number of hydrogen-bond acceptors (Lipinski definition) is 6. The molecule has 0 bridgehead atoms. The fourth-order valence-electron chi connectivity index (χ4n) is 4.03. The van der Waals surface area contributed by atoms with Gasteiger partial charge in [0.25, 0.3) is 11.8 Å². The van der Waals surface area contributed by atoms with Crippen LogP contribution in [0.5, 0.6) is 0 Å². The minimum atomic E-state index is -1.37. The summed E-state index contributed by atoms with van der Waals surface area (Å²) in [6.07, 6.45) is 5.88. The number of carbonyl (C=O) groups is 2. The molecule has 2 aliphatic rings. The quantitative estimate of drug-likeness (QED) is 0.795. The molecule has 4 rings (SSSR count). The number of hydrogen-bond donors (Lipinski definition) is 2. The molecule has 8 heteroatoms. The third kappa shape index (κ3) is 4.09. The molecule has 30 heavy (non-hydrogen) atoms. The molecular weight excluding hydrogens is 382 g/mol. The van der Waals surface area contributed by atoms with Crippen LogP contribution in [0.2, 0.25) is 0 Å². The Kier molecular flexibility index (Phi) is 5.36. The van der Waals surface area contributed by atoms with Gasteiger partial charge < -0.3 is 20.2 Å². The zero-order valence-corrected chi connectivity index (χ0v) is 17.8. The molecule has 2 aromatic rings. The van der Waals surface area contributed by atoms with Crippen molar-refractivity contribution in [2.75, 3.05) is 24.5 Å². The highest BCUT2D eigenvalue weighted by molar-refractivity contribution is 5.97. The lowest BCUT2D eigenvalue weighted by molar-refractivity contribution is -0.148. The Morgan fingerprint density at radius 1 is 1.10 bits per heavy atom. The summed E-state index contributed by atoms with van der Waals surface area (Å²) < 4.78 is 0. The van der Waals surface area contributed by atoms with Gasteiger partial charge in [0.1, 0.15) is 11.4 Å². The summed E-state index contributed by atoms with van der Waals surface area (Å²) in [7, 11) is 0. The highest BCUT2D eigenvalue weighted by Gasteiger charge is 2.32. The van der Waals surface area contributed by atoms with Crippen molar-refractivity contribution in [1.82, 2.24) is 20.2 Å². The lowest BCUT2D eigenvalue weighted by Gasteiger charge is -2.39. The van der Waals surface area contributed by atoms with Gasteiger partial charge in [-0.15, -0.1) is 0 Å². The molecular formula is C22H29N5O3. The van der Waals surface area contributed by atoms with Crippen molar-refractivity contribution in [2.45, 2.75) is 57.7 Å². The average Bonchev–Trinajstić information content (AvgIpc) is 2.71. The molecule has 4 heterocycles. The van der Waals surface area contributed by atoms with Crippen LogP contribution in [0.1, 0.15) is 50.4 Å². The molecule has 2 N–H and O–H groups in total. The van der Waals surface area contributed by atoms with Crippen LogP contribution in [0.3, 0.4) is 0 Å². The van der Waals surface area contributed by atoms with E-state index in [0.29, 0.717) is 37.5 Å². The number of nitrogens with zero attached hydrogens (tertiary/aromatic N) is 4. The molecule has 0 aliphatic carbocycles. The number of aromatic nitrogens is 2. The highest BCUT2D eigenvalue weighted by atomic mass is 16.3. The van der Waals surface area contributed by atoms with Crippen LogP contribution in [-0.2, 0) is 4.79 Å². The summed E-state index contributed by atoms with van der Waals surface area (Å²) in [5.74, 6) is 0.487. The van der Waals surface area contributed by atoms with E-state index >= 15 is 0 Å². The van der Waals surface area contributed by atoms with E-state index in [4.69, 9.17) is 0 Å². The maximum absolute atomic E-state index is 12.7. The van der Waals surface area contributed by atoms with Gasteiger partial charge in [0.05, 0.1) is 11.1 Å². The summed E-state index contributed by atoms with van der Waals surface area (Å²) in [5.41, 5.74) is -0.0347. The normalized spacial score (nSPS) is 20.2. The Morgan fingerprint density at radius 2 is 1.83 bits per heavy atom. The van der Waals surface area contributed by atoms with E-state index in [1.165, 1.54) is 20.3 Å². The van der Waals surface area contributed by atoms with Crippen LogP contribution in [0.25, 0.3) is 10.9 Å². The van der Waals surface area contributed by atoms with E-state index in [0.717, 1.165) is 23.3 Å². The first-order chi connectivity index (χ1) is 14.2. The molecule has 2 fully saturated rings. The number of anilines is 1. The summed E-state index contributed by atoms with van der Waals surface area (Å²) in [6.45, 7) is 7.23. The number of amides is 2. The van der Waals surface area contributed by atoms with Gasteiger partial charge in [-0.1, -0.05) is 0 Å². The number of nitrogens with one attached hydrogen (secondary N) is 1. The largest absolute Gasteiger partial charge is 0.381 e. The number of likely N-dealkylation sites (tertiary alicyclic amines) is 1. The van der Waals surface area contributed by atoms with E-state index < -0.39 is 5.60 Å². The fourth-order valence-corrected chi connectivity index (χ4v) is 4.03. The Labute approximate surface area is 176 Å². The van der Waals surface area contributed by atoms with Gasteiger partial charge in [0, 0.05) is 55.6 Å². The third-order valence-corrected chi connectivity index (χ3v) is 6.07. The van der Waals surface area contributed by atoms with Gasteiger partial charge in [-0.3, -0.25) is 14.6 Å². The predicted molar refractivity (Wildman–Crippen MR) is 114 cm³/mol. The summed E-state index contributed by atoms with van der Waals surface area (Å²) >= 11 is 0. The minimum Gasteiger partial charge on any atom is -0.381 e. The van der Waals surface area contributed by atoms with Gasteiger partial charge >= 0.3 is 0 Å². The lowest BCUT2D eigenvalue weighted by Crippen LogP contribution is -2.51. The number of piperidine rings is 1. The van der Waals surface area contributed by atoms with Crippen molar-refractivity contribution in [2.24, 2.45) is 0 Å². The summed E-state index contributed by atoms with van der Waals surface area (Å²) in [5, 5.41) is 13.8. The summed E-state index contributed by atoms with van der Waals surface area (Å²) in [4.78, 5) is 37.8.